The highest BCUT2D eigenvalue weighted by molar-refractivity contribution is 5.82. The third-order valence-electron chi connectivity index (χ3n) is 1.71. The Kier molecular flexibility index (Phi) is 3.02. The van der Waals surface area contributed by atoms with Crippen molar-refractivity contribution in [3.8, 4) is 6.07 Å². The van der Waals surface area contributed by atoms with E-state index in [-0.39, 0.29) is 0 Å². The van der Waals surface area contributed by atoms with Crippen LogP contribution in [0.1, 0.15) is 12.5 Å². The van der Waals surface area contributed by atoms with Crippen molar-refractivity contribution in [3.63, 3.8) is 0 Å². The third-order valence-corrected chi connectivity index (χ3v) is 1.71. The first-order valence-corrected chi connectivity index (χ1v) is 4.06. The van der Waals surface area contributed by atoms with Gasteiger partial charge in [-0.15, -0.1) is 0 Å². The van der Waals surface area contributed by atoms with Crippen molar-refractivity contribution in [2.45, 2.75) is 13.0 Å². The summed E-state index contributed by atoms with van der Waals surface area (Å²) in [6.45, 7) is 1.61. The number of carbonyl (C=O) groups excluding carboxylic acids is 1. The van der Waals surface area contributed by atoms with Crippen LogP contribution in [0.15, 0.2) is 18.3 Å². The molecular weight excluding hydrogens is 180 g/mol. The van der Waals surface area contributed by atoms with E-state index in [2.05, 4.69) is 10.3 Å². The normalized spacial score (nSPS) is 11.4. The fourth-order valence-electron chi connectivity index (χ4n) is 0.887. The Morgan fingerprint density at radius 2 is 2.50 bits per heavy atom. The molecule has 14 heavy (non-hydrogen) atoms. The molecule has 1 atom stereocenters. The number of aromatic nitrogens is 1. The molecule has 1 aromatic heterocycles. The number of nitriles is 1. The van der Waals surface area contributed by atoms with E-state index < -0.39 is 11.9 Å². The molecule has 5 nitrogen and oxygen atoms in total. The number of nitrogens with two attached hydrogens (primary N) is 1. The number of carbonyl (C=O) groups is 1. The van der Waals surface area contributed by atoms with Crippen LogP contribution < -0.4 is 11.1 Å². The first-order valence-electron chi connectivity index (χ1n) is 4.06. The molecule has 0 aromatic carbocycles. The van der Waals surface area contributed by atoms with E-state index in [1.54, 1.807) is 19.1 Å². The molecule has 0 aliphatic carbocycles. The summed E-state index contributed by atoms with van der Waals surface area (Å²) in [5, 5.41) is 11.5. The van der Waals surface area contributed by atoms with E-state index in [1.165, 1.54) is 6.20 Å². The van der Waals surface area contributed by atoms with Crippen molar-refractivity contribution in [1.82, 2.24) is 4.98 Å². The van der Waals surface area contributed by atoms with Crippen molar-refractivity contribution < 1.29 is 4.79 Å². The molecule has 0 fully saturated rings. The lowest BCUT2D eigenvalue weighted by molar-refractivity contribution is -0.118. The summed E-state index contributed by atoms with van der Waals surface area (Å²) >= 11 is 0. The van der Waals surface area contributed by atoms with Crippen LogP contribution >= 0.6 is 0 Å². The number of rotatable bonds is 3. The number of hydrogen-bond acceptors (Lipinski definition) is 4. The highest BCUT2D eigenvalue weighted by Gasteiger charge is 2.10. The number of nitrogens with one attached hydrogen (secondary N) is 1. The Bertz CT molecular complexity index is 383. The van der Waals surface area contributed by atoms with Gasteiger partial charge in [0.15, 0.2) is 0 Å². The first kappa shape index (κ1) is 9.99. The standard InChI is InChI=1S/C9H10N4O/c1-6(8(11)14)13-9-7(5-10)3-2-4-12-9/h2-4,6H,1H3,(H2,11,14)(H,12,13). The minimum atomic E-state index is -0.544. The zero-order chi connectivity index (χ0) is 10.6. The second-order valence-corrected chi connectivity index (χ2v) is 2.78. The van der Waals surface area contributed by atoms with Gasteiger partial charge in [0.1, 0.15) is 17.9 Å². The van der Waals surface area contributed by atoms with E-state index >= 15 is 0 Å². The van der Waals surface area contributed by atoms with Crippen molar-refractivity contribution in [2.24, 2.45) is 5.73 Å². The molecule has 0 aliphatic heterocycles. The SMILES string of the molecule is CC(Nc1ncccc1C#N)C(N)=O. The molecule has 0 aliphatic rings. The van der Waals surface area contributed by atoms with E-state index in [9.17, 15) is 4.79 Å². The van der Waals surface area contributed by atoms with E-state index in [4.69, 9.17) is 11.0 Å². The van der Waals surface area contributed by atoms with Crippen LogP contribution in [0.4, 0.5) is 5.82 Å². The zero-order valence-corrected chi connectivity index (χ0v) is 7.69. The number of nitrogens with zero attached hydrogens (tertiary/aromatic N) is 2. The van der Waals surface area contributed by atoms with Crippen LogP contribution in [0.2, 0.25) is 0 Å². The van der Waals surface area contributed by atoms with Crippen molar-refractivity contribution in [2.75, 3.05) is 5.32 Å². The summed E-state index contributed by atoms with van der Waals surface area (Å²) in [4.78, 5) is 14.7. The van der Waals surface area contributed by atoms with E-state index in [0.29, 0.717) is 11.4 Å². The van der Waals surface area contributed by atoms with Gasteiger partial charge in [-0.3, -0.25) is 4.79 Å². The molecule has 0 saturated carbocycles. The summed E-state index contributed by atoms with van der Waals surface area (Å²) in [6, 6.07) is 4.68. The van der Waals surface area contributed by atoms with Crippen molar-refractivity contribution >= 4 is 11.7 Å². The molecule has 0 radical (unpaired) electrons. The smallest absolute Gasteiger partial charge is 0.239 e. The van der Waals surface area contributed by atoms with Gasteiger partial charge in [-0.25, -0.2) is 4.98 Å². The maximum atomic E-state index is 10.8. The van der Waals surface area contributed by atoms with Gasteiger partial charge in [-0.2, -0.15) is 5.26 Å². The number of pyridine rings is 1. The van der Waals surface area contributed by atoms with Crippen LogP contribution in [0.3, 0.4) is 0 Å². The molecule has 0 saturated heterocycles. The monoisotopic (exact) mass is 190 g/mol. The lowest BCUT2D eigenvalue weighted by atomic mass is 10.2. The van der Waals surface area contributed by atoms with Gasteiger partial charge >= 0.3 is 0 Å². The van der Waals surface area contributed by atoms with Gasteiger partial charge in [0.05, 0.1) is 5.56 Å². The van der Waals surface area contributed by atoms with Crippen molar-refractivity contribution in [1.29, 1.82) is 5.26 Å². The summed E-state index contributed by atoms with van der Waals surface area (Å²) < 4.78 is 0. The molecule has 1 aromatic rings. The van der Waals surface area contributed by atoms with Gasteiger partial charge in [-0.05, 0) is 19.1 Å². The Balaban J connectivity index is 2.87. The van der Waals surface area contributed by atoms with Gasteiger partial charge < -0.3 is 11.1 Å². The Morgan fingerprint density at radius 1 is 1.79 bits per heavy atom. The lowest BCUT2D eigenvalue weighted by Gasteiger charge is -2.10. The Labute approximate surface area is 81.6 Å². The maximum absolute atomic E-state index is 10.8. The van der Waals surface area contributed by atoms with Gasteiger partial charge in [-0.1, -0.05) is 0 Å². The average molecular weight is 190 g/mol. The molecule has 3 N–H and O–H groups in total. The number of anilines is 1. The molecular formula is C9H10N4O. The quantitative estimate of drug-likeness (QED) is 0.714. The van der Waals surface area contributed by atoms with Crippen LogP contribution in [-0.2, 0) is 4.79 Å². The molecule has 1 rings (SSSR count). The number of amides is 1. The Hall–Kier alpha value is -2.09. The molecule has 1 heterocycles. The highest BCUT2D eigenvalue weighted by Crippen LogP contribution is 2.10. The maximum Gasteiger partial charge on any atom is 0.239 e. The Morgan fingerprint density at radius 3 is 3.07 bits per heavy atom. The summed E-state index contributed by atoms with van der Waals surface area (Å²) in [6.07, 6.45) is 1.54. The predicted molar refractivity (Wildman–Crippen MR) is 51.2 cm³/mol. The molecule has 0 bridgehead atoms. The minimum Gasteiger partial charge on any atom is -0.368 e. The van der Waals surface area contributed by atoms with Crippen LogP contribution in [0.25, 0.3) is 0 Å². The minimum absolute atomic E-state index is 0.376. The molecule has 1 amide bonds. The highest BCUT2D eigenvalue weighted by atomic mass is 16.1. The first-order chi connectivity index (χ1) is 6.65. The van der Waals surface area contributed by atoms with Crippen LogP contribution in [0, 0.1) is 11.3 Å². The average Bonchev–Trinajstić information content (AvgIpc) is 2.18. The summed E-state index contributed by atoms with van der Waals surface area (Å²) in [5.41, 5.74) is 5.45. The second kappa shape index (κ2) is 4.23. The predicted octanol–water partition coefficient (Wildman–Crippen LogP) is 0.239. The van der Waals surface area contributed by atoms with Crippen LogP contribution in [-0.4, -0.2) is 16.9 Å². The van der Waals surface area contributed by atoms with E-state index in [1.807, 2.05) is 6.07 Å². The van der Waals surface area contributed by atoms with Gasteiger partial charge in [0.25, 0.3) is 0 Å². The molecule has 72 valence electrons. The fraction of sp³-hybridized carbons (Fsp3) is 0.222. The van der Waals surface area contributed by atoms with Crippen LogP contribution in [0.5, 0.6) is 0 Å². The van der Waals surface area contributed by atoms with Crippen molar-refractivity contribution in [3.05, 3.63) is 23.9 Å². The summed E-state index contributed by atoms with van der Waals surface area (Å²) in [7, 11) is 0. The zero-order valence-electron chi connectivity index (χ0n) is 7.69. The van der Waals surface area contributed by atoms with Gasteiger partial charge in [0.2, 0.25) is 5.91 Å². The number of primary amides is 1. The second-order valence-electron chi connectivity index (χ2n) is 2.78. The largest absolute Gasteiger partial charge is 0.368 e. The number of hydrogen-bond donors (Lipinski definition) is 2. The fourth-order valence-corrected chi connectivity index (χ4v) is 0.887. The molecule has 5 heteroatoms. The topological polar surface area (TPSA) is 91.8 Å². The van der Waals surface area contributed by atoms with E-state index in [0.717, 1.165) is 0 Å². The molecule has 1 unspecified atom stereocenters. The summed E-state index contributed by atoms with van der Waals surface area (Å²) in [5.74, 6) is -0.110. The van der Waals surface area contributed by atoms with Gasteiger partial charge in [0, 0.05) is 6.20 Å². The molecule has 0 spiro atoms. The third kappa shape index (κ3) is 2.20. The lowest BCUT2D eigenvalue weighted by Crippen LogP contribution is -2.33.